The van der Waals surface area contributed by atoms with Crippen molar-refractivity contribution in [3.05, 3.63) is 62.3 Å². The van der Waals surface area contributed by atoms with Crippen molar-refractivity contribution >= 4 is 18.0 Å². The van der Waals surface area contributed by atoms with Gasteiger partial charge in [-0.1, -0.05) is 36.8 Å². The third-order valence-corrected chi connectivity index (χ3v) is 5.49. The Morgan fingerprint density at radius 3 is 2.26 bits per heavy atom. The number of likely N-dealkylation sites (tertiary alicyclic amines) is 1. The van der Waals surface area contributed by atoms with Crippen LogP contribution < -0.4 is 22.7 Å². The fraction of sp³-hybridized carbons (Fsp3) is 0.455. The Hall–Kier alpha value is -3.20. The van der Waals surface area contributed by atoms with Gasteiger partial charge in [0.25, 0.3) is 5.56 Å². The largest absolute Gasteiger partial charge is 0.384 e. The number of rotatable bonds is 6. The van der Waals surface area contributed by atoms with Gasteiger partial charge >= 0.3 is 5.69 Å². The number of aromatic nitrogens is 2. The second-order valence-electron chi connectivity index (χ2n) is 7.44. The summed E-state index contributed by atoms with van der Waals surface area (Å²) >= 11 is 0. The van der Waals surface area contributed by atoms with E-state index in [9.17, 15) is 14.4 Å². The quantitative estimate of drug-likeness (QED) is 0.520. The first-order chi connectivity index (χ1) is 14.9. The molecule has 1 saturated heterocycles. The van der Waals surface area contributed by atoms with E-state index in [1.807, 2.05) is 37.3 Å². The van der Waals surface area contributed by atoms with Gasteiger partial charge in [-0.15, -0.1) is 0 Å². The first-order valence-electron chi connectivity index (χ1n) is 10.5. The van der Waals surface area contributed by atoms with E-state index in [0.717, 1.165) is 42.5 Å². The Kier molecular flexibility index (Phi) is 8.75. The summed E-state index contributed by atoms with van der Waals surface area (Å²) in [7, 11) is 0. The number of carbonyl (C=O) groups excluding carboxylic acids is 2. The zero-order valence-corrected chi connectivity index (χ0v) is 18.1. The second-order valence-corrected chi connectivity index (χ2v) is 7.44. The number of piperidine rings is 1. The predicted octanol–water partition coefficient (Wildman–Crippen LogP) is 0.992. The highest BCUT2D eigenvalue weighted by molar-refractivity contribution is 6.01. The fourth-order valence-corrected chi connectivity index (χ4v) is 3.88. The third kappa shape index (κ3) is 5.49. The van der Waals surface area contributed by atoms with E-state index < -0.39 is 17.3 Å². The lowest BCUT2D eigenvalue weighted by Crippen LogP contribution is -2.46. The molecule has 2 aromatic rings. The Balaban J connectivity index is 0.00000107. The van der Waals surface area contributed by atoms with Gasteiger partial charge in [0.15, 0.2) is 5.78 Å². The summed E-state index contributed by atoms with van der Waals surface area (Å²) in [6, 6.07) is 9.05. The molecular weight excluding hydrogens is 398 g/mol. The van der Waals surface area contributed by atoms with Crippen LogP contribution in [-0.2, 0) is 11.3 Å². The molecule has 1 aromatic carbocycles. The van der Waals surface area contributed by atoms with Gasteiger partial charge in [-0.25, -0.2) is 4.79 Å². The highest BCUT2D eigenvalue weighted by atomic mass is 16.2. The molecule has 9 nitrogen and oxygen atoms in total. The zero-order valence-electron chi connectivity index (χ0n) is 18.1. The van der Waals surface area contributed by atoms with Crippen LogP contribution in [0.2, 0.25) is 0 Å². The van der Waals surface area contributed by atoms with Crippen molar-refractivity contribution in [2.24, 2.45) is 5.73 Å². The van der Waals surface area contributed by atoms with Gasteiger partial charge in [-0.2, -0.15) is 0 Å². The molecule has 0 aliphatic carbocycles. The average Bonchev–Trinajstić information content (AvgIpc) is 2.76. The number of ketones is 1. The van der Waals surface area contributed by atoms with Gasteiger partial charge < -0.3 is 11.5 Å². The van der Waals surface area contributed by atoms with Crippen LogP contribution in [-0.4, -0.2) is 45.9 Å². The smallest absolute Gasteiger partial charge is 0.333 e. The standard InChI is InChI=1S/C21H28N4O3.CH3NO/c1-3-24-20(27)18(17(26)14-23-12-8-5-9-13-23)19(22)25(21(24)28)15(2)16-10-6-4-7-11-16;2-1-3/h4,6-7,10-11,15H,3,5,8-9,12-14,22H2,1-2H3;1H,(H2,2,3). The molecule has 9 heteroatoms. The molecule has 0 bridgehead atoms. The summed E-state index contributed by atoms with van der Waals surface area (Å²) in [5.41, 5.74) is 10.2. The lowest BCUT2D eigenvalue weighted by Gasteiger charge is -2.26. The molecule has 0 radical (unpaired) electrons. The maximum Gasteiger partial charge on any atom is 0.333 e. The lowest BCUT2D eigenvalue weighted by molar-refractivity contribution is -0.106. The Bertz CT molecular complexity index is 1010. The number of Topliss-reactive ketones (excluding diaryl/α,β-unsaturated/α-hetero) is 1. The van der Waals surface area contributed by atoms with E-state index in [1.54, 1.807) is 6.92 Å². The molecule has 168 valence electrons. The van der Waals surface area contributed by atoms with Gasteiger partial charge in [0.1, 0.15) is 11.4 Å². The number of anilines is 1. The van der Waals surface area contributed by atoms with Crippen LogP contribution in [0.15, 0.2) is 39.9 Å². The molecule has 3 rings (SSSR count). The number of benzene rings is 1. The second kappa shape index (κ2) is 11.3. The molecule has 31 heavy (non-hydrogen) atoms. The monoisotopic (exact) mass is 429 g/mol. The summed E-state index contributed by atoms with van der Waals surface area (Å²) in [6.07, 6.45) is 3.51. The number of carbonyl (C=O) groups is 2. The van der Waals surface area contributed by atoms with Crippen LogP contribution in [0.3, 0.4) is 0 Å². The van der Waals surface area contributed by atoms with Crippen molar-refractivity contribution in [2.45, 2.75) is 45.7 Å². The number of primary amides is 1. The summed E-state index contributed by atoms with van der Waals surface area (Å²) in [5, 5.41) is 0. The molecule has 2 heterocycles. The topological polar surface area (TPSA) is 133 Å². The van der Waals surface area contributed by atoms with Crippen LogP contribution in [0.25, 0.3) is 0 Å². The minimum atomic E-state index is -0.594. The molecular formula is C22H31N5O4. The van der Waals surface area contributed by atoms with Crippen molar-refractivity contribution in [1.82, 2.24) is 14.0 Å². The molecule has 1 aliphatic rings. The number of nitrogens with zero attached hydrogens (tertiary/aromatic N) is 3. The van der Waals surface area contributed by atoms with E-state index in [1.165, 1.54) is 4.57 Å². The normalized spacial score (nSPS) is 14.9. The number of nitrogen functional groups attached to an aromatic ring is 1. The molecule has 1 aromatic heterocycles. The van der Waals surface area contributed by atoms with Crippen molar-refractivity contribution in [2.75, 3.05) is 25.4 Å². The summed E-state index contributed by atoms with van der Waals surface area (Å²) < 4.78 is 2.46. The molecule has 1 fully saturated rings. The Morgan fingerprint density at radius 2 is 1.71 bits per heavy atom. The van der Waals surface area contributed by atoms with Crippen molar-refractivity contribution < 1.29 is 9.59 Å². The first kappa shape index (κ1) is 24.1. The molecule has 4 N–H and O–H groups in total. The van der Waals surface area contributed by atoms with E-state index in [2.05, 4.69) is 10.6 Å². The third-order valence-electron chi connectivity index (χ3n) is 5.49. The van der Waals surface area contributed by atoms with Gasteiger partial charge in [-0.3, -0.25) is 28.4 Å². The van der Waals surface area contributed by atoms with Crippen LogP contribution in [0.4, 0.5) is 5.82 Å². The van der Waals surface area contributed by atoms with Crippen molar-refractivity contribution in [1.29, 1.82) is 0 Å². The highest BCUT2D eigenvalue weighted by Crippen LogP contribution is 2.20. The Labute approximate surface area is 181 Å². The van der Waals surface area contributed by atoms with E-state index in [0.29, 0.717) is 0 Å². The lowest BCUT2D eigenvalue weighted by atomic mass is 10.1. The van der Waals surface area contributed by atoms with Gasteiger partial charge in [0, 0.05) is 6.54 Å². The number of hydrogen-bond acceptors (Lipinski definition) is 6. The molecule has 1 aliphatic heterocycles. The molecule has 0 spiro atoms. The molecule has 1 unspecified atom stereocenters. The first-order valence-corrected chi connectivity index (χ1v) is 10.5. The highest BCUT2D eigenvalue weighted by Gasteiger charge is 2.26. The van der Waals surface area contributed by atoms with Crippen LogP contribution >= 0.6 is 0 Å². The van der Waals surface area contributed by atoms with Crippen LogP contribution in [0.1, 0.15) is 55.1 Å². The average molecular weight is 430 g/mol. The Morgan fingerprint density at radius 1 is 1.13 bits per heavy atom. The fourth-order valence-electron chi connectivity index (χ4n) is 3.88. The molecule has 1 atom stereocenters. The summed E-state index contributed by atoms with van der Waals surface area (Å²) in [5.74, 6) is -0.362. The summed E-state index contributed by atoms with van der Waals surface area (Å²) in [6.45, 7) is 5.58. The maximum absolute atomic E-state index is 13.0. The minimum Gasteiger partial charge on any atom is -0.384 e. The van der Waals surface area contributed by atoms with E-state index in [4.69, 9.17) is 10.5 Å². The number of amides is 1. The SMILES string of the molecule is CCn1c(=O)c(C(=O)CN2CCCCC2)c(N)n(C(C)c2ccccc2)c1=O.NC=O. The van der Waals surface area contributed by atoms with Crippen molar-refractivity contribution in [3.8, 4) is 0 Å². The van der Waals surface area contributed by atoms with Crippen LogP contribution in [0.5, 0.6) is 0 Å². The number of nitrogens with two attached hydrogens (primary N) is 2. The van der Waals surface area contributed by atoms with Gasteiger partial charge in [0.05, 0.1) is 12.6 Å². The maximum atomic E-state index is 13.0. The van der Waals surface area contributed by atoms with Gasteiger partial charge in [-0.05, 0) is 45.3 Å². The minimum absolute atomic E-state index is 0.0435. The number of hydrogen-bond donors (Lipinski definition) is 2. The molecule has 1 amide bonds. The molecule has 0 saturated carbocycles. The predicted molar refractivity (Wildman–Crippen MR) is 120 cm³/mol. The zero-order chi connectivity index (χ0) is 23.0. The van der Waals surface area contributed by atoms with Gasteiger partial charge in [0.2, 0.25) is 6.41 Å². The summed E-state index contributed by atoms with van der Waals surface area (Å²) in [4.78, 5) is 49.4. The van der Waals surface area contributed by atoms with Crippen molar-refractivity contribution in [3.63, 3.8) is 0 Å². The van der Waals surface area contributed by atoms with E-state index >= 15 is 0 Å². The van der Waals surface area contributed by atoms with Crippen LogP contribution in [0, 0.1) is 0 Å². The van der Waals surface area contributed by atoms with E-state index in [-0.39, 0.29) is 36.7 Å².